The molecule has 3 aromatic carbocycles. The number of aryl methyl sites for hydroxylation is 1. The van der Waals surface area contributed by atoms with Crippen molar-refractivity contribution < 1.29 is 9.59 Å². The summed E-state index contributed by atoms with van der Waals surface area (Å²) in [4.78, 5) is 29.3. The molecule has 4 aromatic rings. The van der Waals surface area contributed by atoms with Crippen LogP contribution in [0.25, 0.3) is 11.3 Å². The molecule has 0 fully saturated rings. The van der Waals surface area contributed by atoms with Crippen LogP contribution in [0.2, 0.25) is 0 Å². The van der Waals surface area contributed by atoms with Gasteiger partial charge in [-0.25, -0.2) is 0 Å². The molecule has 0 unspecified atom stereocenters. The molecule has 0 spiro atoms. The molecule has 0 saturated carbocycles. The van der Waals surface area contributed by atoms with Gasteiger partial charge in [-0.15, -0.1) is 0 Å². The fraction of sp³-hybridized carbons (Fsp3) is 0.207. The molecular formula is C29H28N4O2. The number of aromatic nitrogens is 2. The molecule has 176 valence electrons. The lowest BCUT2D eigenvalue weighted by Gasteiger charge is -2.43. The van der Waals surface area contributed by atoms with E-state index in [2.05, 4.69) is 12.2 Å². The third-order valence-electron chi connectivity index (χ3n) is 6.58. The van der Waals surface area contributed by atoms with Crippen molar-refractivity contribution in [1.82, 2.24) is 15.1 Å². The van der Waals surface area contributed by atoms with E-state index >= 15 is 0 Å². The van der Waals surface area contributed by atoms with E-state index in [1.54, 1.807) is 9.58 Å². The van der Waals surface area contributed by atoms with Gasteiger partial charge in [0.15, 0.2) is 0 Å². The van der Waals surface area contributed by atoms with Gasteiger partial charge in [-0.05, 0) is 42.7 Å². The molecule has 5 rings (SSSR count). The number of carbonyl (C=O) groups is 2. The van der Waals surface area contributed by atoms with Crippen LogP contribution in [0.15, 0.2) is 91.0 Å². The lowest BCUT2D eigenvalue weighted by molar-refractivity contribution is -0.126. The van der Waals surface area contributed by atoms with E-state index in [1.807, 2.05) is 97.9 Å². The highest BCUT2D eigenvalue weighted by Crippen LogP contribution is 2.34. The minimum absolute atomic E-state index is 0.223. The van der Waals surface area contributed by atoms with Gasteiger partial charge in [0.25, 0.3) is 5.91 Å². The number of amides is 2. The topological polar surface area (TPSA) is 67.2 Å². The molecule has 1 aliphatic heterocycles. The summed E-state index contributed by atoms with van der Waals surface area (Å²) >= 11 is 0. The van der Waals surface area contributed by atoms with Crippen LogP contribution in [0.5, 0.6) is 0 Å². The molecule has 6 nitrogen and oxygen atoms in total. The zero-order valence-electron chi connectivity index (χ0n) is 19.9. The van der Waals surface area contributed by atoms with Crippen molar-refractivity contribution in [3.8, 4) is 11.3 Å². The maximum absolute atomic E-state index is 13.9. The highest BCUT2D eigenvalue weighted by Gasteiger charge is 2.48. The van der Waals surface area contributed by atoms with Crippen molar-refractivity contribution in [2.75, 3.05) is 4.90 Å². The summed E-state index contributed by atoms with van der Waals surface area (Å²) < 4.78 is 1.67. The SMILES string of the molecule is CCc1cccc(N2C(=O)c3cc(-c4ccccc4)nn3C[C@]2(C)C(=O)NCc2ccccc2)c1. The van der Waals surface area contributed by atoms with E-state index < -0.39 is 5.54 Å². The monoisotopic (exact) mass is 464 g/mol. The van der Waals surface area contributed by atoms with E-state index in [-0.39, 0.29) is 18.4 Å². The smallest absolute Gasteiger partial charge is 0.277 e. The van der Waals surface area contributed by atoms with Gasteiger partial charge in [-0.3, -0.25) is 19.2 Å². The summed E-state index contributed by atoms with van der Waals surface area (Å²) in [5, 5.41) is 7.77. The van der Waals surface area contributed by atoms with E-state index in [9.17, 15) is 9.59 Å². The van der Waals surface area contributed by atoms with Gasteiger partial charge in [-0.1, -0.05) is 79.7 Å². The zero-order valence-corrected chi connectivity index (χ0v) is 19.9. The molecule has 0 radical (unpaired) electrons. The fourth-order valence-electron chi connectivity index (χ4n) is 4.62. The Morgan fingerprint density at radius 3 is 2.34 bits per heavy atom. The maximum atomic E-state index is 13.9. The first kappa shape index (κ1) is 22.6. The molecular weight excluding hydrogens is 436 g/mol. The normalized spacial score (nSPS) is 17.2. The van der Waals surface area contributed by atoms with Gasteiger partial charge >= 0.3 is 0 Å². The Balaban J connectivity index is 1.56. The van der Waals surface area contributed by atoms with Crippen molar-refractivity contribution in [1.29, 1.82) is 0 Å². The van der Waals surface area contributed by atoms with E-state index in [1.165, 1.54) is 0 Å². The van der Waals surface area contributed by atoms with E-state index in [0.29, 0.717) is 23.6 Å². The summed E-state index contributed by atoms with van der Waals surface area (Å²) in [6, 6.07) is 29.2. The summed E-state index contributed by atoms with van der Waals surface area (Å²) in [6.45, 7) is 4.52. The molecule has 1 N–H and O–H groups in total. The van der Waals surface area contributed by atoms with Gasteiger partial charge in [-0.2, -0.15) is 5.10 Å². The van der Waals surface area contributed by atoms with Crippen LogP contribution in [0.1, 0.15) is 35.5 Å². The number of nitrogens with zero attached hydrogens (tertiary/aromatic N) is 3. The van der Waals surface area contributed by atoms with Gasteiger partial charge < -0.3 is 5.32 Å². The predicted molar refractivity (Wildman–Crippen MR) is 137 cm³/mol. The lowest BCUT2D eigenvalue weighted by atomic mass is 9.93. The third-order valence-corrected chi connectivity index (χ3v) is 6.58. The van der Waals surface area contributed by atoms with Crippen molar-refractivity contribution in [3.05, 3.63) is 108 Å². The largest absolute Gasteiger partial charge is 0.350 e. The molecule has 6 heteroatoms. The number of fused-ring (bicyclic) bond motifs is 1. The first-order valence-electron chi connectivity index (χ1n) is 11.9. The molecule has 0 aliphatic carbocycles. The molecule has 1 aliphatic rings. The van der Waals surface area contributed by atoms with Crippen molar-refractivity contribution in [2.45, 2.75) is 38.9 Å². The van der Waals surface area contributed by atoms with Gasteiger partial charge in [0, 0.05) is 17.8 Å². The number of hydrogen-bond acceptors (Lipinski definition) is 3. The molecule has 1 aromatic heterocycles. The van der Waals surface area contributed by atoms with Crippen LogP contribution in [-0.4, -0.2) is 27.1 Å². The average molecular weight is 465 g/mol. The van der Waals surface area contributed by atoms with Crippen molar-refractivity contribution >= 4 is 17.5 Å². The molecule has 0 saturated heterocycles. The lowest BCUT2D eigenvalue weighted by Crippen LogP contribution is -2.64. The minimum atomic E-state index is -1.16. The summed E-state index contributed by atoms with van der Waals surface area (Å²) in [5.74, 6) is -0.462. The summed E-state index contributed by atoms with van der Waals surface area (Å²) in [5.41, 5.74) is 3.76. The molecule has 2 amide bonds. The van der Waals surface area contributed by atoms with Crippen LogP contribution in [-0.2, 0) is 24.3 Å². The predicted octanol–water partition coefficient (Wildman–Crippen LogP) is 4.85. The molecule has 0 bridgehead atoms. The quantitative estimate of drug-likeness (QED) is 0.444. The first-order chi connectivity index (χ1) is 17.0. The first-order valence-corrected chi connectivity index (χ1v) is 11.9. The van der Waals surface area contributed by atoms with Crippen LogP contribution in [0.4, 0.5) is 5.69 Å². The Morgan fingerprint density at radius 2 is 1.63 bits per heavy atom. The van der Waals surface area contributed by atoms with Crippen LogP contribution in [0.3, 0.4) is 0 Å². The number of benzene rings is 3. The molecule has 1 atom stereocenters. The molecule has 2 heterocycles. The van der Waals surface area contributed by atoms with E-state index in [4.69, 9.17) is 5.10 Å². The second-order valence-electron chi connectivity index (χ2n) is 9.04. The number of anilines is 1. The van der Waals surface area contributed by atoms with Crippen molar-refractivity contribution in [3.63, 3.8) is 0 Å². The van der Waals surface area contributed by atoms with Crippen LogP contribution >= 0.6 is 0 Å². The Labute approximate surface area is 205 Å². The highest BCUT2D eigenvalue weighted by atomic mass is 16.2. The van der Waals surface area contributed by atoms with Gasteiger partial charge in [0.05, 0.1) is 12.2 Å². The number of nitrogens with one attached hydrogen (secondary N) is 1. The Morgan fingerprint density at radius 1 is 0.943 bits per heavy atom. The summed E-state index contributed by atoms with van der Waals surface area (Å²) in [7, 11) is 0. The zero-order chi connectivity index (χ0) is 24.4. The maximum Gasteiger partial charge on any atom is 0.277 e. The highest BCUT2D eigenvalue weighted by molar-refractivity contribution is 6.12. The third kappa shape index (κ3) is 4.23. The second-order valence-corrected chi connectivity index (χ2v) is 9.04. The van der Waals surface area contributed by atoms with Crippen LogP contribution in [0, 0.1) is 0 Å². The Kier molecular flexibility index (Phi) is 5.95. The number of rotatable bonds is 6. The number of carbonyl (C=O) groups excluding carboxylic acids is 2. The second kappa shape index (κ2) is 9.22. The molecule has 35 heavy (non-hydrogen) atoms. The van der Waals surface area contributed by atoms with Gasteiger partial charge in [0.2, 0.25) is 5.91 Å². The Hall–Kier alpha value is -4.19. The van der Waals surface area contributed by atoms with E-state index in [0.717, 1.165) is 23.1 Å². The van der Waals surface area contributed by atoms with Crippen molar-refractivity contribution in [2.24, 2.45) is 0 Å². The standard InChI is InChI=1S/C29H28N4O2/c1-3-21-13-10-16-24(17-21)33-27(34)26-18-25(23-14-8-5-9-15-23)31-32(26)20-29(33,2)28(35)30-19-22-11-6-4-7-12-22/h4-18H,3,19-20H2,1-2H3,(H,30,35)/t29-/m1/s1. The summed E-state index contributed by atoms with van der Waals surface area (Å²) in [6.07, 6.45) is 0.836. The fourth-order valence-corrected chi connectivity index (χ4v) is 4.62. The van der Waals surface area contributed by atoms with Crippen LogP contribution < -0.4 is 10.2 Å². The minimum Gasteiger partial charge on any atom is -0.350 e. The number of hydrogen-bond donors (Lipinski definition) is 1. The van der Waals surface area contributed by atoms with Gasteiger partial charge in [0.1, 0.15) is 11.2 Å². The average Bonchev–Trinajstić information content (AvgIpc) is 3.32. The Bertz CT molecular complexity index is 1360.